The molecule has 5 nitrogen and oxygen atoms in total. The number of benzene rings is 1. The average Bonchev–Trinajstić information content (AvgIpc) is 2.90. The molecule has 0 aliphatic heterocycles. The second kappa shape index (κ2) is 6.54. The zero-order chi connectivity index (χ0) is 17.3. The van der Waals surface area contributed by atoms with E-state index in [1.165, 1.54) is 17.8 Å². The molecule has 0 spiro atoms. The number of rotatable bonds is 4. The largest absolute Gasteiger partial charge is 0.407 e. The van der Waals surface area contributed by atoms with Gasteiger partial charge in [-0.15, -0.1) is 0 Å². The Morgan fingerprint density at radius 2 is 1.87 bits per heavy atom. The first-order valence-corrected chi connectivity index (χ1v) is 7.70. The molecule has 0 unspecified atom stereocenters. The molecule has 0 aliphatic carbocycles. The van der Waals surface area contributed by atoms with Crippen molar-refractivity contribution in [3.8, 4) is 5.88 Å². The van der Waals surface area contributed by atoms with Gasteiger partial charge in [-0.3, -0.25) is 9.59 Å². The van der Waals surface area contributed by atoms with E-state index in [1.54, 1.807) is 6.07 Å². The first kappa shape index (κ1) is 17.2. The smallest absolute Gasteiger partial charge is 0.309 e. The van der Waals surface area contributed by atoms with Gasteiger partial charge in [0.15, 0.2) is 5.78 Å². The maximum atomic E-state index is 12.9. The zero-order valence-corrected chi connectivity index (χ0v) is 14.6. The van der Waals surface area contributed by atoms with Gasteiger partial charge in [-0.05, 0) is 50.5 Å². The predicted molar refractivity (Wildman–Crippen MR) is 88.3 cm³/mol. The second-order valence-corrected chi connectivity index (χ2v) is 5.78. The molecule has 1 heterocycles. The van der Waals surface area contributed by atoms with Gasteiger partial charge in [0.1, 0.15) is 5.56 Å². The minimum Gasteiger partial charge on any atom is -0.407 e. The summed E-state index contributed by atoms with van der Waals surface area (Å²) in [6, 6.07) is 1.76. The normalized spacial score (nSPS) is 10.7. The minimum absolute atomic E-state index is 0.176. The van der Waals surface area contributed by atoms with Gasteiger partial charge in [-0.25, -0.2) is 4.68 Å². The summed E-state index contributed by atoms with van der Waals surface area (Å²) in [6.45, 7) is 9.23. The number of ether oxygens (including phenoxy) is 1. The molecule has 0 aliphatic rings. The molecule has 1 aromatic heterocycles. The lowest BCUT2D eigenvalue weighted by Crippen LogP contribution is -2.12. The predicted octanol–water partition coefficient (Wildman–Crippen LogP) is 3.64. The van der Waals surface area contributed by atoms with E-state index in [4.69, 9.17) is 16.3 Å². The van der Waals surface area contributed by atoms with Crippen LogP contribution in [0.2, 0.25) is 5.02 Å². The van der Waals surface area contributed by atoms with Crippen LogP contribution in [-0.2, 0) is 11.3 Å². The molecule has 1 aromatic carbocycles. The fourth-order valence-electron chi connectivity index (χ4n) is 2.43. The topological polar surface area (TPSA) is 61.2 Å². The number of esters is 1. The van der Waals surface area contributed by atoms with Crippen LogP contribution in [-0.4, -0.2) is 21.5 Å². The first-order chi connectivity index (χ1) is 10.8. The molecule has 0 N–H and O–H groups in total. The highest BCUT2D eigenvalue weighted by Crippen LogP contribution is 2.30. The van der Waals surface area contributed by atoms with E-state index in [1.807, 2.05) is 27.7 Å². The fraction of sp³-hybridized carbons (Fsp3) is 0.353. The van der Waals surface area contributed by atoms with Crippen molar-refractivity contribution < 1.29 is 14.3 Å². The second-order valence-electron chi connectivity index (χ2n) is 5.41. The SMILES string of the molecule is CCn1ncc(C(=O)c2cc(C)c(Cl)c(C)c2C)c1OC(C)=O. The van der Waals surface area contributed by atoms with Gasteiger partial charge in [0, 0.05) is 24.1 Å². The Bertz CT molecular complexity index is 794. The molecule has 23 heavy (non-hydrogen) atoms. The third kappa shape index (κ3) is 3.15. The molecule has 0 bridgehead atoms. The Morgan fingerprint density at radius 3 is 2.43 bits per heavy atom. The lowest BCUT2D eigenvalue weighted by molar-refractivity contribution is -0.132. The summed E-state index contributed by atoms with van der Waals surface area (Å²) >= 11 is 6.24. The van der Waals surface area contributed by atoms with Crippen LogP contribution in [0.1, 0.15) is 46.5 Å². The van der Waals surface area contributed by atoms with Crippen molar-refractivity contribution >= 4 is 23.4 Å². The molecule has 0 amide bonds. The number of aryl methyl sites for hydroxylation is 2. The first-order valence-electron chi connectivity index (χ1n) is 7.33. The van der Waals surface area contributed by atoms with Crippen molar-refractivity contribution in [3.63, 3.8) is 0 Å². The van der Waals surface area contributed by atoms with E-state index in [9.17, 15) is 9.59 Å². The summed E-state index contributed by atoms with van der Waals surface area (Å²) in [4.78, 5) is 24.2. The van der Waals surface area contributed by atoms with Gasteiger partial charge in [-0.2, -0.15) is 5.10 Å². The number of halogens is 1. The standard InChI is InChI=1S/C17H19ClN2O3/c1-6-20-17(23-12(5)21)14(8-19-20)16(22)13-7-9(2)15(18)11(4)10(13)3/h7-8H,6H2,1-5H3. The summed E-state index contributed by atoms with van der Waals surface area (Å²) < 4.78 is 6.67. The van der Waals surface area contributed by atoms with Crippen LogP contribution in [0.15, 0.2) is 12.3 Å². The summed E-state index contributed by atoms with van der Waals surface area (Å²) in [5.74, 6) is -0.551. The van der Waals surface area contributed by atoms with Crippen LogP contribution >= 0.6 is 11.6 Å². The minimum atomic E-state index is -0.491. The number of ketones is 1. The zero-order valence-electron chi connectivity index (χ0n) is 13.9. The Balaban J connectivity index is 2.58. The third-order valence-corrected chi connectivity index (χ3v) is 4.40. The highest BCUT2D eigenvalue weighted by atomic mass is 35.5. The van der Waals surface area contributed by atoms with Gasteiger partial charge in [0.05, 0.1) is 6.20 Å². The molecule has 0 radical (unpaired) electrons. The number of nitrogens with zero attached hydrogens (tertiary/aromatic N) is 2. The monoisotopic (exact) mass is 334 g/mol. The fourth-order valence-corrected chi connectivity index (χ4v) is 2.63. The van der Waals surface area contributed by atoms with Crippen molar-refractivity contribution in [2.45, 2.75) is 41.2 Å². The maximum absolute atomic E-state index is 12.9. The van der Waals surface area contributed by atoms with Gasteiger partial charge in [0.2, 0.25) is 5.88 Å². The van der Waals surface area contributed by atoms with Crippen LogP contribution < -0.4 is 4.74 Å². The van der Waals surface area contributed by atoms with Crippen LogP contribution in [0.25, 0.3) is 0 Å². The Labute approximate surface area is 140 Å². The summed E-state index contributed by atoms with van der Waals surface area (Å²) in [5, 5.41) is 4.77. The van der Waals surface area contributed by atoms with Crippen molar-refractivity contribution in [3.05, 3.63) is 45.1 Å². The molecular weight excluding hydrogens is 316 g/mol. The quantitative estimate of drug-likeness (QED) is 0.632. The average molecular weight is 335 g/mol. The molecule has 2 aromatic rings. The molecule has 0 atom stereocenters. The molecular formula is C17H19ClN2O3. The van der Waals surface area contributed by atoms with Crippen molar-refractivity contribution in [2.24, 2.45) is 0 Å². The maximum Gasteiger partial charge on any atom is 0.309 e. The Morgan fingerprint density at radius 1 is 1.22 bits per heavy atom. The van der Waals surface area contributed by atoms with Gasteiger partial charge >= 0.3 is 5.97 Å². The highest BCUT2D eigenvalue weighted by molar-refractivity contribution is 6.32. The van der Waals surface area contributed by atoms with E-state index in [0.29, 0.717) is 17.1 Å². The van der Waals surface area contributed by atoms with E-state index < -0.39 is 5.97 Å². The van der Waals surface area contributed by atoms with E-state index in [2.05, 4.69) is 5.10 Å². The molecule has 0 fully saturated rings. The molecule has 2 rings (SSSR count). The number of aromatic nitrogens is 2. The van der Waals surface area contributed by atoms with Crippen molar-refractivity contribution in [2.75, 3.05) is 0 Å². The molecule has 0 saturated carbocycles. The Hall–Kier alpha value is -2.14. The molecule has 0 saturated heterocycles. The van der Waals surface area contributed by atoms with Gasteiger partial charge in [0.25, 0.3) is 0 Å². The number of hydrogen-bond acceptors (Lipinski definition) is 4. The third-order valence-electron chi connectivity index (χ3n) is 3.82. The number of carbonyl (C=O) groups is 2. The van der Waals surface area contributed by atoms with Crippen molar-refractivity contribution in [1.82, 2.24) is 9.78 Å². The molecule has 122 valence electrons. The number of carbonyl (C=O) groups excluding carboxylic acids is 2. The Kier molecular flexibility index (Phi) is 4.90. The van der Waals surface area contributed by atoms with Gasteiger partial charge < -0.3 is 4.74 Å². The summed E-state index contributed by atoms with van der Waals surface area (Å²) in [6.07, 6.45) is 1.43. The lowest BCUT2D eigenvalue weighted by atomic mass is 9.95. The summed E-state index contributed by atoms with van der Waals surface area (Å²) in [5.41, 5.74) is 3.31. The van der Waals surface area contributed by atoms with Crippen LogP contribution in [0.3, 0.4) is 0 Å². The van der Waals surface area contributed by atoms with Crippen LogP contribution in [0, 0.1) is 20.8 Å². The van der Waals surface area contributed by atoms with Gasteiger partial charge in [-0.1, -0.05) is 11.6 Å². The lowest BCUT2D eigenvalue weighted by Gasteiger charge is -2.12. The molecule has 6 heteroatoms. The number of hydrogen-bond donors (Lipinski definition) is 0. The van der Waals surface area contributed by atoms with Crippen molar-refractivity contribution in [1.29, 1.82) is 0 Å². The van der Waals surface area contributed by atoms with Crippen LogP contribution in [0.4, 0.5) is 0 Å². The van der Waals surface area contributed by atoms with E-state index in [0.717, 1.165) is 16.7 Å². The highest BCUT2D eigenvalue weighted by Gasteiger charge is 2.24. The van der Waals surface area contributed by atoms with Crippen LogP contribution in [0.5, 0.6) is 5.88 Å². The summed E-state index contributed by atoms with van der Waals surface area (Å²) in [7, 11) is 0. The van der Waals surface area contributed by atoms with E-state index >= 15 is 0 Å². The van der Waals surface area contributed by atoms with E-state index in [-0.39, 0.29) is 17.2 Å².